The summed E-state index contributed by atoms with van der Waals surface area (Å²) in [5.74, 6) is -0.0595. The van der Waals surface area contributed by atoms with Gasteiger partial charge in [0.15, 0.2) is 0 Å². The lowest BCUT2D eigenvalue weighted by Crippen LogP contribution is -2.48. The molecule has 0 unspecified atom stereocenters. The molecule has 4 nitrogen and oxygen atoms in total. The quantitative estimate of drug-likeness (QED) is 0.909. The normalized spacial score (nSPS) is 16.5. The minimum absolute atomic E-state index is 0.0595. The van der Waals surface area contributed by atoms with E-state index in [4.69, 9.17) is 0 Å². The molecule has 1 saturated carbocycles. The van der Waals surface area contributed by atoms with Gasteiger partial charge >= 0.3 is 0 Å². The Kier molecular flexibility index (Phi) is 5.20. The number of hydrogen-bond donors (Lipinski definition) is 1. The number of amides is 1. The fraction of sp³-hybridized carbons (Fsp3) is 0.556. The molecule has 0 radical (unpaired) electrons. The van der Waals surface area contributed by atoms with Crippen molar-refractivity contribution in [3.8, 4) is 6.07 Å². The number of carbonyl (C=O) groups excluding carboxylic acids is 1. The number of nitrogens with zero attached hydrogens (tertiary/aromatic N) is 2. The van der Waals surface area contributed by atoms with E-state index in [2.05, 4.69) is 43.4 Å². The Morgan fingerprint density at radius 2 is 2.05 bits per heavy atom. The summed E-state index contributed by atoms with van der Waals surface area (Å²) >= 11 is 0. The molecule has 4 heteroatoms. The maximum Gasteiger partial charge on any atom is 0.235 e. The second kappa shape index (κ2) is 6.93. The number of nitrogens with one attached hydrogen (secondary N) is 1. The molecule has 1 fully saturated rings. The van der Waals surface area contributed by atoms with Gasteiger partial charge in [-0.15, -0.1) is 0 Å². The number of likely N-dealkylation sites (N-methyl/N-ethyl adjacent to an activating group) is 1. The van der Waals surface area contributed by atoms with Gasteiger partial charge < -0.3 is 5.32 Å². The topological polar surface area (TPSA) is 56.1 Å². The molecule has 2 rings (SSSR count). The molecule has 0 heterocycles. The number of nitriles is 1. The first-order valence-corrected chi connectivity index (χ1v) is 7.91. The SMILES string of the molecule is Cc1ccc(CN(C)CC(=O)NC2(C#N)CCCC2)c(C)c1. The maximum absolute atomic E-state index is 12.2. The predicted octanol–water partition coefficient (Wildman–Crippen LogP) is 2.69. The number of hydrogen-bond acceptors (Lipinski definition) is 3. The first-order chi connectivity index (χ1) is 10.4. The van der Waals surface area contributed by atoms with E-state index in [1.807, 2.05) is 11.9 Å². The largest absolute Gasteiger partial charge is 0.337 e. The summed E-state index contributed by atoms with van der Waals surface area (Å²) in [6.07, 6.45) is 3.59. The Labute approximate surface area is 133 Å². The summed E-state index contributed by atoms with van der Waals surface area (Å²) in [5.41, 5.74) is 3.10. The highest BCUT2D eigenvalue weighted by molar-refractivity contribution is 5.79. The van der Waals surface area contributed by atoms with Gasteiger partial charge in [-0.05, 0) is 57.7 Å². The molecule has 1 aliphatic carbocycles. The third-order valence-corrected chi connectivity index (χ3v) is 4.40. The minimum atomic E-state index is -0.627. The predicted molar refractivity (Wildman–Crippen MR) is 87.2 cm³/mol. The smallest absolute Gasteiger partial charge is 0.235 e. The van der Waals surface area contributed by atoms with Gasteiger partial charge in [-0.25, -0.2) is 0 Å². The minimum Gasteiger partial charge on any atom is -0.337 e. The molecule has 0 bridgehead atoms. The van der Waals surface area contributed by atoms with Crippen molar-refractivity contribution < 1.29 is 4.79 Å². The second-order valence-electron chi connectivity index (χ2n) is 6.55. The highest BCUT2D eigenvalue weighted by atomic mass is 16.2. The van der Waals surface area contributed by atoms with Crippen molar-refractivity contribution in [1.29, 1.82) is 5.26 Å². The van der Waals surface area contributed by atoms with Gasteiger partial charge in [0, 0.05) is 6.54 Å². The van der Waals surface area contributed by atoms with Gasteiger partial charge in [-0.3, -0.25) is 9.69 Å². The van der Waals surface area contributed by atoms with Gasteiger partial charge in [0.1, 0.15) is 5.54 Å². The van der Waals surface area contributed by atoms with Crippen LogP contribution >= 0.6 is 0 Å². The van der Waals surface area contributed by atoms with Gasteiger partial charge in [0.25, 0.3) is 0 Å². The maximum atomic E-state index is 12.2. The summed E-state index contributed by atoms with van der Waals surface area (Å²) in [7, 11) is 1.94. The molecule has 1 aliphatic rings. The van der Waals surface area contributed by atoms with Crippen molar-refractivity contribution in [2.45, 2.75) is 51.6 Å². The summed E-state index contributed by atoms with van der Waals surface area (Å²) in [6, 6.07) is 8.67. The second-order valence-corrected chi connectivity index (χ2v) is 6.55. The van der Waals surface area contributed by atoms with Gasteiger partial charge in [-0.1, -0.05) is 23.8 Å². The summed E-state index contributed by atoms with van der Waals surface area (Å²) < 4.78 is 0. The van der Waals surface area contributed by atoms with E-state index in [1.165, 1.54) is 16.7 Å². The number of benzene rings is 1. The lowest BCUT2D eigenvalue weighted by atomic mass is 10.00. The average Bonchev–Trinajstić information content (AvgIpc) is 2.91. The van der Waals surface area contributed by atoms with Crippen LogP contribution < -0.4 is 5.32 Å². The van der Waals surface area contributed by atoms with Crippen molar-refractivity contribution in [1.82, 2.24) is 10.2 Å². The molecule has 0 aromatic heterocycles. The van der Waals surface area contributed by atoms with Crippen LogP contribution in [0.25, 0.3) is 0 Å². The molecule has 1 aromatic rings. The first kappa shape index (κ1) is 16.5. The van der Waals surface area contributed by atoms with Crippen LogP contribution in [0.1, 0.15) is 42.4 Å². The van der Waals surface area contributed by atoms with Crippen LogP contribution in [0.2, 0.25) is 0 Å². The number of carbonyl (C=O) groups is 1. The van der Waals surface area contributed by atoms with Crippen LogP contribution in [0.5, 0.6) is 0 Å². The van der Waals surface area contributed by atoms with Gasteiger partial charge in [0.2, 0.25) is 5.91 Å². The van der Waals surface area contributed by atoms with Crippen molar-refractivity contribution in [2.75, 3.05) is 13.6 Å². The molecular weight excluding hydrogens is 274 g/mol. The van der Waals surface area contributed by atoms with Crippen molar-refractivity contribution in [3.05, 3.63) is 34.9 Å². The van der Waals surface area contributed by atoms with Crippen LogP contribution in [0.15, 0.2) is 18.2 Å². The molecule has 118 valence electrons. The summed E-state index contributed by atoms with van der Waals surface area (Å²) in [6.45, 7) is 5.23. The van der Waals surface area contributed by atoms with E-state index in [9.17, 15) is 10.1 Å². The zero-order chi connectivity index (χ0) is 16.2. The standard InChI is InChI=1S/C18H25N3O/c1-14-6-7-16(15(2)10-14)11-21(3)12-17(22)20-18(13-19)8-4-5-9-18/h6-7,10H,4-5,8-9,11-12H2,1-3H3,(H,20,22). The van der Waals surface area contributed by atoms with Crippen LogP contribution in [0.4, 0.5) is 0 Å². The molecule has 0 saturated heterocycles. The fourth-order valence-corrected chi connectivity index (χ4v) is 3.16. The molecule has 1 amide bonds. The van der Waals surface area contributed by atoms with Gasteiger partial charge in [0.05, 0.1) is 12.6 Å². The van der Waals surface area contributed by atoms with Crippen LogP contribution in [0, 0.1) is 25.2 Å². The molecule has 1 N–H and O–H groups in total. The third kappa shape index (κ3) is 4.08. The highest BCUT2D eigenvalue weighted by Crippen LogP contribution is 2.28. The molecular formula is C18H25N3O. The van der Waals surface area contributed by atoms with E-state index in [0.717, 1.165) is 32.2 Å². The zero-order valence-corrected chi connectivity index (χ0v) is 13.8. The molecule has 1 aromatic carbocycles. The van der Waals surface area contributed by atoms with Crippen LogP contribution in [0.3, 0.4) is 0 Å². The van der Waals surface area contributed by atoms with E-state index in [1.54, 1.807) is 0 Å². The number of rotatable bonds is 5. The zero-order valence-electron chi connectivity index (χ0n) is 13.8. The summed E-state index contributed by atoms with van der Waals surface area (Å²) in [4.78, 5) is 14.2. The lowest BCUT2D eigenvalue weighted by Gasteiger charge is -2.24. The van der Waals surface area contributed by atoms with E-state index < -0.39 is 5.54 Å². The Morgan fingerprint density at radius 1 is 1.36 bits per heavy atom. The monoisotopic (exact) mass is 299 g/mol. The first-order valence-electron chi connectivity index (χ1n) is 7.91. The van der Waals surface area contributed by atoms with Crippen LogP contribution in [-0.4, -0.2) is 29.9 Å². The van der Waals surface area contributed by atoms with E-state index >= 15 is 0 Å². The Balaban J connectivity index is 1.90. The molecule has 22 heavy (non-hydrogen) atoms. The van der Waals surface area contributed by atoms with Crippen LogP contribution in [-0.2, 0) is 11.3 Å². The van der Waals surface area contributed by atoms with E-state index in [0.29, 0.717) is 6.54 Å². The van der Waals surface area contributed by atoms with Crippen molar-refractivity contribution in [3.63, 3.8) is 0 Å². The Morgan fingerprint density at radius 3 is 2.64 bits per heavy atom. The molecule has 0 aliphatic heterocycles. The van der Waals surface area contributed by atoms with Gasteiger partial charge in [-0.2, -0.15) is 5.26 Å². The average molecular weight is 299 g/mol. The summed E-state index contributed by atoms with van der Waals surface area (Å²) in [5, 5.41) is 12.3. The molecule has 0 atom stereocenters. The Hall–Kier alpha value is -1.86. The molecule has 0 spiro atoms. The highest BCUT2D eigenvalue weighted by Gasteiger charge is 2.35. The number of aryl methyl sites for hydroxylation is 2. The third-order valence-electron chi connectivity index (χ3n) is 4.40. The van der Waals surface area contributed by atoms with Crippen molar-refractivity contribution in [2.24, 2.45) is 0 Å². The van der Waals surface area contributed by atoms with E-state index in [-0.39, 0.29) is 5.91 Å². The lowest BCUT2D eigenvalue weighted by molar-refractivity contribution is -0.123. The Bertz CT molecular complexity index is 582. The fourth-order valence-electron chi connectivity index (χ4n) is 3.16. The van der Waals surface area contributed by atoms with Crippen molar-refractivity contribution >= 4 is 5.91 Å².